The third-order valence-electron chi connectivity index (χ3n) is 3.66. The fourth-order valence-electron chi connectivity index (χ4n) is 2.47. The summed E-state index contributed by atoms with van der Waals surface area (Å²) in [6.45, 7) is 3.34. The highest BCUT2D eigenvalue weighted by Crippen LogP contribution is 2.29. The third kappa shape index (κ3) is 2.85. The summed E-state index contributed by atoms with van der Waals surface area (Å²) in [5.41, 5.74) is 2.53. The first kappa shape index (κ1) is 15.3. The van der Waals surface area contributed by atoms with Gasteiger partial charge in [-0.1, -0.05) is 23.8 Å². The molecule has 0 aliphatic heterocycles. The Bertz CT molecular complexity index is 986. The predicted molar refractivity (Wildman–Crippen MR) is 90.3 cm³/mol. The minimum Gasteiger partial charge on any atom is -0.360 e. The van der Waals surface area contributed by atoms with Gasteiger partial charge in [0.2, 0.25) is 0 Å². The molecule has 6 heteroatoms. The lowest BCUT2D eigenvalue weighted by Crippen LogP contribution is -2.13. The van der Waals surface area contributed by atoms with Crippen LogP contribution >= 0.6 is 0 Å². The number of aromatic amines is 1. The molecule has 5 nitrogen and oxygen atoms in total. The number of H-pyrrole nitrogens is 1. The lowest BCUT2D eigenvalue weighted by molar-refractivity contribution is 0.101. The van der Waals surface area contributed by atoms with Crippen LogP contribution in [0.2, 0.25) is 0 Å². The van der Waals surface area contributed by atoms with Gasteiger partial charge in [0.15, 0.2) is 5.78 Å². The number of sulfonamides is 1. The second-order valence-corrected chi connectivity index (χ2v) is 7.09. The smallest absolute Gasteiger partial charge is 0.261 e. The molecule has 0 saturated carbocycles. The molecule has 0 saturated heterocycles. The molecule has 3 rings (SSSR count). The zero-order valence-electron chi connectivity index (χ0n) is 12.8. The minimum absolute atomic E-state index is 0.127. The van der Waals surface area contributed by atoms with E-state index in [-0.39, 0.29) is 10.7 Å². The van der Waals surface area contributed by atoms with Gasteiger partial charge in [0.25, 0.3) is 10.0 Å². The predicted octanol–water partition coefficient (Wildman–Crippen LogP) is 3.48. The lowest BCUT2D eigenvalue weighted by atomic mass is 10.1. The topological polar surface area (TPSA) is 79.0 Å². The molecular weight excluding hydrogens is 312 g/mol. The zero-order valence-corrected chi connectivity index (χ0v) is 13.6. The Kier molecular flexibility index (Phi) is 3.69. The Hall–Kier alpha value is -2.60. The van der Waals surface area contributed by atoms with Crippen LogP contribution in [-0.2, 0) is 10.0 Å². The molecule has 0 amide bonds. The third-order valence-corrected chi connectivity index (χ3v) is 5.04. The highest BCUT2D eigenvalue weighted by molar-refractivity contribution is 7.92. The number of benzene rings is 2. The van der Waals surface area contributed by atoms with Crippen LogP contribution in [0, 0.1) is 6.92 Å². The molecule has 0 spiro atoms. The molecule has 0 aliphatic rings. The summed E-state index contributed by atoms with van der Waals surface area (Å²) >= 11 is 0. The Labute approximate surface area is 134 Å². The van der Waals surface area contributed by atoms with Crippen LogP contribution in [0.15, 0.2) is 53.6 Å². The molecule has 3 aromatic rings. The van der Waals surface area contributed by atoms with Crippen molar-refractivity contribution in [2.75, 3.05) is 4.72 Å². The maximum Gasteiger partial charge on any atom is 0.261 e. The summed E-state index contributed by atoms with van der Waals surface area (Å²) in [7, 11) is -3.72. The number of aryl methyl sites for hydroxylation is 1. The number of rotatable bonds is 4. The van der Waals surface area contributed by atoms with E-state index in [1.807, 2.05) is 6.92 Å². The number of aromatic nitrogens is 1. The fourth-order valence-corrected chi connectivity index (χ4v) is 3.54. The summed E-state index contributed by atoms with van der Waals surface area (Å²) in [4.78, 5) is 14.9. The van der Waals surface area contributed by atoms with Gasteiger partial charge in [0.1, 0.15) is 0 Å². The molecule has 0 radical (unpaired) electrons. The van der Waals surface area contributed by atoms with Crippen molar-refractivity contribution in [2.45, 2.75) is 18.7 Å². The molecule has 0 bridgehead atoms. The van der Waals surface area contributed by atoms with Crippen LogP contribution in [0.5, 0.6) is 0 Å². The molecule has 118 valence electrons. The van der Waals surface area contributed by atoms with Crippen LogP contribution < -0.4 is 4.72 Å². The summed E-state index contributed by atoms with van der Waals surface area (Å²) in [5.74, 6) is -0.127. The van der Waals surface area contributed by atoms with Crippen molar-refractivity contribution in [1.29, 1.82) is 0 Å². The average molecular weight is 328 g/mol. The van der Waals surface area contributed by atoms with Crippen molar-refractivity contribution >= 4 is 32.4 Å². The number of Topliss-reactive ketones (excluding diaryl/α,β-unsaturated/α-hetero) is 1. The molecule has 2 N–H and O–H groups in total. The number of fused-ring (bicyclic) bond motifs is 1. The summed E-state index contributed by atoms with van der Waals surface area (Å²) < 4.78 is 27.7. The molecule has 23 heavy (non-hydrogen) atoms. The fraction of sp³-hybridized carbons (Fsp3) is 0.118. The summed E-state index contributed by atoms with van der Waals surface area (Å²) in [6, 6.07) is 11.8. The van der Waals surface area contributed by atoms with Crippen molar-refractivity contribution in [3.05, 3.63) is 59.8 Å². The standard InChI is InChI=1S/C17H16N2O3S/c1-11-6-8-13(9-7-11)23(21,22)19-16-5-3-4-15-17(16)14(10-18-15)12(2)20/h3-10,18-19H,1-2H3. The van der Waals surface area contributed by atoms with Gasteiger partial charge in [-0.2, -0.15) is 0 Å². The van der Waals surface area contributed by atoms with Crippen LogP contribution in [0.3, 0.4) is 0 Å². The first-order chi connectivity index (χ1) is 10.9. The van der Waals surface area contributed by atoms with E-state index in [0.717, 1.165) is 5.56 Å². The Morgan fingerprint density at radius 3 is 2.43 bits per heavy atom. The maximum absolute atomic E-state index is 12.6. The molecular formula is C17H16N2O3S. The van der Waals surface area contributed by atoms with Crippen molar-refractivity contribution < 1.29 is 13.2 Å². The van der Waals surface area contributed by atoms with Gasteiger partial charge in [0, 0.05) is 22.7 Å². The molecule has 0 atom stereocenters. The van der Waals surface area contributed by atoms with Gasteiger partial charge in [-0.15, -0.1) is 0 Å². The quantitative estimate of drug-likeness (QED) is 0.720. The van der Waals surface area contributed by atoms with Gasteiger partial charge in [-0.05, 0) is 38.1 Å². The van der Waals surface area contributed by atoms with Crippen LogP contribution in [0.4, 0.5) is 5.69 Å². The van der Waals surface area contributed by atoms with Crippen molar-refractivity contribution in [3.8, 4) is 0 Å². The molecule has 0 aliphatic carbocycles. The maximum atomic E-state index is 12.6. The van der Waals surface area contributed by atoms with E-state index in [1.165, 1.54) is 6.92 Å². The number of hydrogen-bond acceptors (Lipinski definition) is 3. The van der Waals surface area contributed by atoms with Crippen molar-refractivity contribution in [3.63, 3.8) is 0 Å². The molecule has 1 aromatic heterocycles. The van der Waals surface area contributed by atoms with Gasteiger partial charge < -0.3 is 4.98 Å². The molecule has 1 heterocycles. The number of hydrogen-bond donors (Lipinski definition) is 2. The Balaban J connectivity index is 2.09. The van der Waals surface area contributed by atoms with Crippen LogP contribution in [0.1, 0.15) is 22.8 Å². The highest BCUT2D eigenvalue weighted by Gasteiger charge is 2.18. The second-order valence-electron chi connectivity index (χ2n) is 5.41. The van der Waals surface area contributed by atoms with E-state index in [4.69, 9.17) is 0 Å². The average Bonchev–Trinajstić information content (AvgIpc) is 2.92. The van der Waals surface area contributed by atoms with Gasteiger partial charge in [-0.3, -0.25) is 9.52 Å². The van der Waals surface area contributed by atoms with E-state index in [1.54, 1.807) is 48.7 Å². The van der Waals surface area contributed by atoms with Crippen LogP contribution in [-0.4, -0.2) is 19.2 Å². The van der Waals surface area contributed by atoms with Gasteiger partial charge >= 0.3 is 0 Å². The van der Waals surface area contributed by atoms with E-state index in [0.29, 0.717) is 22.2 Å². The molecule has 0 unspecified atom stereocenters. The minimum atomic E-state index is -3.72. The normalized spacial score (nSPS) is 11.6. The van der Waals surface area contributed by atoms with Crippen molar-refractivity contribution in [1.82, 2.24) is 4.98 Å². The number of carbonyl (C=O) groups excluding carboxylic acids is 1. The molecule has 0 fully saturated rings. The van der Waals surface area contributed by atoms with Crippen LogP contribution in [0.25, 0.3) is 10.9 Å². The monoisotopic (exact) mass is 328 g/mol. The van der Waals surface area contributed by atoms with E-state index in [9.17, 15) is 13.2 Å². The first-order valence-electron chi connectivity index (χ1n) is 7.09. The van der Waals surface area contributed by atoms with E-state index < -0.39 is 10.0 Å². The number of ketones is 1. The number of nitrogens with one attached hydrogen (secondary N) is 2. The van der Waals surface area contributed by atoms with E-state index >= 15 is 0 Å². The number of anilines is 1. The van der Waals surface area contributed by atoms with Gasteiger partial charge in [-0.25, -0.2) is 8.42 Å². The largest absolute Gasteiger partial charge is 0.360 e. The Morgan fingerprint density at radius 2 is 1.78 bits per heavy atom. The second kappa shape index (κ2) is 5.55. The number of carbonyl (C=O) groups is 1. The first-order valence-corrected chi connectivity index (χ1v) is 8.57. The van der Waals surface area contributed by atoms with Gasteiger partial charge in [0.05, 0.1) is 10.6 Å². The summed E-state index contributed by atoms with van der Waals surface area (Å²) in [5, 5.41) is 0.579. The SMILES string of the molecule is CC(=O)c1c[nH]c2cccc(NS(=O)(=O)c3ccc(C)cc3)c12. The molecule has 2 aromatic carbocycles. The van der Waals surface area contributed by atoms with E-state index in [2.05, 4.69) is 9.71 Å². The summed E-state index contributed by atoms with van der Waals surface area (Å²) in [6.07, 6.45) is 1.59. The highest BCUT2D eigenvalue weighted by atomic mass is 32.2. The lowest BCUT2D eigenvalue weighted by Gasteiger charge is -2.10. The Morgan fingerprint density at radius 1 is 1.09 bits per heavy atom. The van der Waals surface area contributed by atoms with Crippen molar-refractivity contribution in [2.24, 2.45) is 0 Å². The zero-order chi connectivity index (χ0) is 16.6.